The molecule has 19 heavy (non-hydrogen) atoms. The smallest absolute Gasteiger partial charge is 0.407 e. The summed E-state index contributed by atoms with van der Waals surface area (Å²) in [7, 11) is 0. The largest absolute Gasteiger partial charge is 0.480 e. The van der Waals surface area contributed by atoms with Gasteiger partial charge in [0.05, 0.1) is 6.54 Å². The number of alkyl carbamates (subject to hydrolysis) is 1. The predicted octanol–water partition coefficient (Wildman–Crippen LogP) is 1.66. The number of amides is 1. The van der Waals surface area contributed by atoms with Crippen LogP contribution in [0.15, 0.2) is 6.20 Å². The number of rotatable bonds is 5. The van der Waals surface area contributed by atoms with Crippen LogP contribution in [0.4, 0.5) is 9.93 Å². The number of carboxylic acid groups (broad SMARTS) is 1. The van der Waals surface area contributed by atoms with Crippen molar-refractivity contribution in [3.8, 4) is 0 Å². The van der Waals surface area contributed by atoms with E-state index in [0.717, 1.165) is 4.88 Å². The Morgan fingerprint density at radius 1 is 1.47 bits per heavy atom. The molecular weight excluding hydrogens is 270 g/mol. The summed E-state index contributed by atoms with van der Waals surface area (Å²) in [5.41, 5.74) is -0.536. The third-order valence-corrected chi connectivity index (χ3v) is 2.71. The lowest BCUT2D eigenvalue weighted by molar-refractivity contribution is -0.134. The van der Waals surface area contributed by atoms with Gasteiger partial charge in [0.25, 0.3) is 0 Å². The Bertz CT molecular complexity index is 453. The first-order valence-corrected chi connectivity index (χ1v) is 6.45. The second-order valence-corrected chi connectivity index (χ2v) is 5.85. The maximum Gasteiger partial charge on any atom is 0.407 e. The van der Waals surface area contributed by atoms with E-state index in [1.165, 1.54) is 11.3 Å². The molecular formula is C11H17N3O4S. The van der Waals surface area contributed by atoms with E-state index in [1.807, 2.05) is 0 Å². The molecule has 1 rings (SSSR count). The quantitative estimate of drug-likeness (QED) is 0.761. The van der Waals surface area contributed by atoms with Crippen LogP contribution < -0.4 is 10.6 Å². The standard InChI is InChI=1S/C11H17N3O4S/c1-11(2,3)18-10(17)14-5-7-4-12-9(19-7)13-6-8(15)16/h4H,5-6H2,1-3H3,(H,12,13)(H,14,17)(H,15,16). The van der Waals surface area contributed by atoms with Crippen molar-refractivity contribution >= 4 is 28.5 Å². The Balaban J connectivity index is 2.38. The van der Waals surface area contributed by atoms with Crippen LogP contribution in [0.5, 0.6) is 0 Å². The molecule has 0 spiro atoms. The molecule has 0 atom stereocenters. The number of anilines is 1. The third-order valence-electron chi connectivity index (χ3n) is 1.75. The van der Waals surface area contributed by atoms with Gasteiger partial charge in [0.2, 0.25) is 0 Å². The summed E-state index contributed by atoms with van der Waals surface area (Å²) in [6, 6.07) is 0. The van der Waals surface area contributed by atoms with Crippen LogP contribution >= 0.6 is 11.3 Å². The van der Waals surface area contributed by atoms with Gasteiger partial charge in [0.1, 0.15) is 12.1 Å². The van der Waals surface area contributed by atoms with Crippen molar-refractivity contribution in [2.24, 2.45) is 0 Å². The van der Waals surface area contributed by atoms with Gasteiger partial charge in [-0.1, -0.05) is 0 Å². The number of ether oxygens (including phenoxy) is 1. The van der Waals surface area contributed by atoms with E-state index in [0.29, 0.717) is 11.7 Å². The van der Waals surface area contributed by atoms with Crippen molar-refractivity contribution in [1.82, 2.24) is 10.3 Å². The van der Waals surface area contributed by atoms with E-state index >= 15 is 0 Å². The molecule has 0 radical (unpaired) electrons. The zero-order valence-electron chi connectivity index (χ0n) is 11.0. The molecule has 0 aromatic carbocycles. The highest BCUT2D eigenvalue weighted by molar-refractivity contribution is 7.15. The highest BCUT2D eigenvalue weighted by Crippen LogP contribution is 2.17. The molecule has 106 valence electrons. The number of thiazole rings is 1. The zero-order valence-corrected chi connectivity index (χ0v) is 11.8. The molecule has 1 amide bonds. The molecule has 0 unspecified atom stereocenters. The molecule has 0 fully saturated rings. The number of nitrogens with one attached hydrogen (secondary N) is 2. The Kier molecular flexibility index (Phi) is 5.11. The third kappa shape index (κ3) is 6.61. The fraction of sp³-hybridized carbons (Fsp3) is 0.545. The summed E-state index contributed by atoms with van der Waals surface area (Å²) in [4.78, 5) is 26.6. The average Bonchev–Trinajstić information content (AvgIpc) is 2.69. The Labute approximate surface area is 115 Å². The molecule has 0 saturated heterocycles. The maximum atomic E-state index is 11.4. The van der Waals surface area contributed by atoms with Crippen molar-refractivity contribution in [3.63, 3.8) is 0 Å². The fourth-order valence-corrected chi connectivity index (χ4v) is 1.84. The van der Waals surface area contributed by atoms with E-state index < -0.39 is 17.7 Å². The maximum absolute atomic E-state index is 11.4. The van der Waals surface area contributed by atoms with E-state index in [-0.39, 0.29) is 6.54 Å². The summed E-state index contributed by atoms with van der Waals surface area (Å²) in [5, 5.41) is 14.3. The lowest BCUT2D eigenvalue weighted by Crippen LogP contribution is -2.31. The van der Waals surface area contributed by atoms with Gasteiger partial charge < -0.3 is 20.5 Å². The van der Waals surface area contributed by atoms with Crippen molar-refractivity contribution in [2.45, 2.75) is 32.9 Å². The van der Waals surface area contributed by atoms with Crippen LogP contribution in [0.25, 0.3) is 0 Å². The van der Waals surface area contributed by atoms with Gasteiger partial charge in [-0.05, 0) is 20.8 Å². The SMILES string of the molecule is CC(C)(C)OC(=O)NCc1cnc(NCC(=O)O)s1. The molecule has 0 aliphatic carbocycles. The van der Waals surface area contributed by atoms with Gasteiger partial charge in [-0.2, -0.15) is 0 Å². The number of carbonyl (C=O) groups is 2. The molecule has 1 heterocycles. The van der Waals surface area contributed by atoms with Gasteiger partial charge in [-0.25, -0.2) is 9.78 Å². The van der Waals surface area contributed by atoms with Gasteiger partial charge >= 0.3 is 12.1 Å². The monoisotopic (exact) mass is 287 g/mol. The number of nitrogens with zero attached hydrogens (tertiary/aromatic N) is 1. The van der Waals surface area contributed by atoms with Crippen LogP contribution in [0.3, 0.4) is 0 Å². The van der Waals surface area contributed by atoms with Crippen molar-refractivity contribution < 1.29 is 19.4 Å². The van der Waals surface area contributed by atoms with Crippen LogP contribution in [-0.2, 0) is 16.1 Å². The van der Waals surface area contributed by atoms with Gasteiger partial charge in [-0.15, -0.1) is 11.3 Å². The molecule has 1 aromatic rings. The van der Waals surface area contributed by atoms with Crippen LogP contribution in [-0.4, -0.2) is 34.3 Å². The van der Waals surface area contributed by atoms with E-state index in [2.05, 4.69) is 15.6 Å². The second-order valence-electron chi connectivity index (χ2n) is 4.73. The van der Waals surface area contributed by atoms with Gasteiger partial charge in [0.15, 0.2) is 5.13 Å². The Hall–Kier alpha value is -1.83. The molecule has 0 aliphatic heterocycles. The van der Waals surface area contributed by atoms with Crippen LogP contribution in [0, 0.1) is 0 Å². The lowest BCUT2D eigenvalue weighted by Gasteiger charge is -2.19. The highest BCUT2D eigenvalue weighted by Gasteiger charge is 2.16. The summed E-state index contributed by atoms with van der Waals surface area (Å²) in [5.74, 6) is -0.955. The molecule has 8 heteroatoms. The van der Waals surface area contributed by atoms with E-state index in [1.54, 1.807) is 27.0 Å². The first-order chi connectivity index (χ1) is 8.76. The highest BCUT2D eigenvalue weighted by atomic mass is 32.1. The average molecular weight is 287 g/mol. The molecule has 0 aliphatic rings. The molecule has 3 N–H and O–H groups in total. The summed E-state index contributed by atoms with van der Waals surface area (Å²) in [6.45, 7) is 5.46. The topological polar surface area (TPSA) is 101 Å². The van der Waals surface area contributed by atoms with Gasteiger partial charge in [0, 0.05) is 11.1 Å². The van der Waals surface area contributed by atoms with Crippen molar-refractivity contribution in [2.75, 3.05) is 11.9 Å². The number of carbonyl (C=O) groups excluding carboxylic acids is 1. The summed E-state index contributed by atoms with van der Waals surface area (Å²) < 4.78 is 5.09. The van der Waals surface area contributed by atoms with E-state index in [4.69, 9.17) is 9.84 Å². The number of hydrogen-bond donors (Lipinski definition) is 3. The number of carboxylic acids is 1. The zero-order chi connectivity index (χ0) is 14.5. The Morgan fingerprint density at radius 3 is 2.74 bits per heavy atom. The normalized spacial score (nSPS) is 10.9. The molecule has 1 aromatic heterocycles. The minimum atomic E-state index is -0.955. The fourth-order valence-electron chi connectivity index (χ4n) is 1.10. The number of aromatic nitrogens is 1. The van der Waals surface area contributed by atoms with Crippen molar-refractivity contribution in [1.29, 1.82) is 0 Å². The minimum Gasteiger partial charge on any atom is -0.480 e. The molecule has 7 nitrogen and oxygen atoms in total. The van der Waals surface area contributed by atoms with E-state index in [9.17, 15) is 9.59 Å². The van der Waals surface area contributed by atoms with Crippen LogP contribution in [0.1, 0.15) is 25.6 Å². The number of hydrogen-bond acceptors (Lipinski definition) is 6. The summed E-state index contributed by atoms with van der Waals surface area (Å²) >= 11 is 1.28. The van der Waals surface area contributed by atoms with Gasteiger partial charge in [-0.3, -0.25) is 4.79 Å². The minimum absolute atomic E-state index is 0.188. The Morgan fingerprint density at radius 2 is 2.16 bits per heavy atom. The lowest BCUT2D eigenvalue weighted by atomic mass is 10.2. The predicted molar refractivity (Wildman–Crippen MR) is 71.3 cm³/mol. The molecule has 0 saturated carbocycles. The molecule has 0 bridgehead atoms. The second kappa shape index (κ2) is 6.37. The first-order valence-electron chi connectivity index (χ1n) is 5.63. The van der Waals surface area contributed by atoms with Crippen LogP contribution in [0.2, 0.25) is 0 Å². The summed E-state index contributed by atoms with van der Waals surface area (Å²) in [6.07, 6.45) is 1.08. The number of aliphatic carboxylic acids is 1. The van der Waals surface area contributed by atoms with Crippen molar-refractivity contribution in [3.05, 3.63) is 11.1 Å². The first kappa shape index (κ1) is 15.2.